The van der Waals surface area contributed by atoms with Crippen molar-refractivity contribution in [1.82, 2.24) is 19.7 Å². The van der Waals surface area contributed by atoms with Crippen LogP contribution in [0.25, 0.3) is 22.4 Å². The summed E-state index contributed by atoms with van der Waals surface area (Å²) in [6.07, 6.45) is 1.50. The molecule has 2 aromatic carbocycles. The predicted molar refractivity (Wildman–Crippen MR) is 84.8 cm³/mol. The fourth-order valence-corrected chi connectivity index (χ4v) is 2.38. The average molecular weight is 304 g/mol. The van der Waals surface area contributed by atoms with Gasteiger partial charge in [0.15, 0.2) is 0 Å². The van der Waals surface area contributed by atoms with Gasteiger partial charge in [-0.25, -0.2) is 4.98 Å². The molecule has 112 valence electrons. The lowest BCUT2D eigenvalue weighted by Crippen LogP contribution is -2.21. The van der Waals surface area contributed by atoms with Crippen molar-refractivity contribution in [3.05, 3.63) is 77.2 Å². The number of para-hydroxylation sites is 1. The lowest BCUT2D eigenvalue weighted by atomic mass is 10.2. The molecule has 0 radical (unpaired) electrons. The van der Waals surface area contributed by atoms with Gasteiger partial charge in [-0.3, -0.25) is 9.36 Å². The van der Waals surface area contributed by atoms with Gasteiger partial charge in [0, 0.05) is 5.56 Å². The van der Waals surface area contributed by atoms with E-state index in [1.54, 1.807) is 12.1 Å². The number of hydrogen-bond acceptors (Lipinski definition) is 5. The fourth-order valence-electron chi connectivity index (χ4n) is 2.38. The van der Waals surface area contributed by atoms with E-state index in [-0.39, 0.29) is 12.1 Å². The Hall–Kier alpha value is -3.28. The Labute approximate surface area is 131 Å². The zero-order valence-corrected chi connectivity index (χ0v) is 12.1. The van der Waals surface area contributed by atoms with E-state index in [4.69, 9.17) is 4.42 Å². The topological polar surface area (TPSA) is 73.8 Å². The first kappa shape index (κ1) is 13.4. The Kier molecular flexibility index (Phi) is 3.20. The molecule has 2 aromatic heterocycles. The molecule has 6 heteroatoms. The largest absolute Gasteiger partial charge is 0.419 e. The molecule has 23 heavy (non-hydrogen) atoms. The zero-order chi connectivity index (χ0) is 15.6. The molecule has 0 aliphatic carbocycles. The van der Waals surface area contributed by atoms with E-state index in [9.17, 15) is 4.79 Å². The Morgan fingerprint density at radius 2 is 1.74 bits per heavy atom. The molecule has 0 aliphatic heterocycles. The number of rotatable bonds is 3. The van der Waals surface area contributed by atoms with Crippen molar-refractivity contribution in [2.24, 2.45) is 0 Å². The molecule has 0 N–H and O–H groups in total. The van der Waals surface area contributed by atoms with E-state index >= 15 is 0 Å². The first-order chi connectivity index (χ1) is 11.3. The van der Waals surface area contributed by atoms with Crippen LogP contribution in [0.2, 0.25) is 0 Å². The molecule has 0 saturated heterocycles. The lowest BCUT2D eigenvalue weighted by molar-refractivity contribution is 0.483. The highest BCUT2D eigenvalue weighted by atomic mass is 16.4. The van der Waals surface area contributed by atoms with Gasteiger partial charge in [-0.2, -0.15) is 0 Å². The van der Waals surface area contributed by atoms with E-state index in [0.29, 0.717) is 22.7 Å². The molecule has 0 bridgehead atoms. The third kappa shape index (κ3) is 2.50. The maximum Gasteiger partial charge on any atom is 0.261 e. The number of nitrogens with zero attached hydrogens (tertiary/aromatic N) is 4. The second kappa shape index (κ2) is 5.49. The summed E-state index contributed by atoms with van der Waals surface area (Å²) in [5, 5.41) is 8.59. The van der Waals surface area contributed by atoms with Gasteiger partial charge >= 0.3 is 0 Å². The standard InChI is InChI=1S/C17H12N4O2/c22-17-13-8-4-5-9-14(13)18-11-21(17)10-15-19-20-16(23-15)12-6-2-1-3-7-12/h1-9,11H,10H2. The number of fused-ring (bicyclic) bond motifs is 1. The molecule has 6 nitrogen and oxygen atoms in total. The summed E-state index contributed by atoms with van der Waals surface area (Å²) in [4.78, 5) is 16.7. The van der Waals surface area contributed by atoms with Gasteiger partial charge in [0.05, 0.1) is 17.2 Å². The Bertz CT molecular complexity index is 1020. The molecule has 0 atom stereocenters. The van der Waals surface area contributed by atoms with Crippen LogP contribution in [0.3, 0.4) is 0 Å². The second-order valence-electron chi connectivity index (χ2n) is 5.06. The van der Waals surface area contributed by atoms with Crippen molar-refractivity contribution < 1.29 is 4.42 Å². The van der Waals surface area contributed by atoms with Crippen LogP contribution in [0.15, 0.2) is 70.1 Å². The van der Waals surface area contributed by atoms with Gasteiger partial charge in [-0.05, 0) is 24.3 Å². The highest BCUT2D eigenvalue weighted by Gasteiger charge is 2.10. The molecule has 2 heterocycles. The summed E-state index contributed by atoms with van der Waals surface area (Å²) in [5.74, 6) is 0.797. The predicted octanol–water partition coefficient (Wildman–Crippen LogP) is 2.49. The molecule has 0 saturated carbocycles. The normalized spacial score (nSPS) is 11.0. The third-order valence-corrected chi connectivity index (χ3v) is 3.52. The van der Waals surface area contributed by atoms with Crippen molar-refractivity contribution in [3.63, 3.8) is 0 Å². The summed E-state index contributed by atoms with van der Waals surface area (Å²) in [6.45, 7) is 0.191. The highest BCUT2D eigenvalue weighted by Crippen LogP contribution is 2.17. The van der Waals surface area contributed by atoms with Crippen LogP contribution in [0.1, 0.15) is 5.89 Å². The van der Waals surface area contributed by atoms with Crippen LogP contribution < -0.4 is 5.56 Å². The third-order valence-electron chi connectivity index (χ3n) is 3.52. The van der Waals surface area contributed by atoms with Crippen LogP contribution in [-0.2, 0) is 6.54 Å². The van der Waals surface area contributed by atoms with E-state index in [1.165, 1.54) is 10.9 Å². The first-order valence-corrected chi connectivity index (χ1v) is 7.13. The van der Waals surface area contributed by atoms with E-state index in [1.807, 2.05) is 42.5 Å². The number of hydrogen-bond donors (Lipinski definition) is 0. The number of benzene rings is 2. The van der Waals surface area contributed by atoms with Crippen molar-refractivity contribution >= 4 is 10.9 Å². The minimum Gasteiger partial charge on any atom is -0.419 e. The SMILES string of the molecule is O=c1c2ccccc2ncn1Cc1nnc(-c2ccccc2)o1. The van der Waals surface area contributed by atoms with E-state index in [2.05, 4.69) is 15.2 Å². The molecule has 0 amide bonds. The Morgan fingerprint density at radius 1 is 0.957 bits per heavy atom. The van der Waals surface area contributed by atoms with Gasteiger partial charge in [-0.15, -0.1) is 10.2 Å². The summed E-state index contributed by atoms with van der Waals surface area (Å²) in [7, 11) is 0. The van der Waals surface area contributed by atoms with Crippen molar-refractivity contribution in [1.29, 1.82) is 0 Å². The van der Waals surface area contributed by atoms with Gasteiger partial charge in [0.1, 0.15) is 6.54 Å². The van der Waals surface area contributed by atoms with Crippen LogP contribution in [0.4, 0.5) is 0 Å². The van der Waals surface area contributed by atoms with Crippen LogP contribution in [0.5, 0.6) is 0 Å². The molecule has 0 unspecified atom stereocenters. The van der Waals surface area contributed by atoms with Crippen LogP contribution in [-0.4, -0.2) is 19.7 Å². The lowest BCUT2D eigenvalue weighted by Gasteiger charge is -2.03. The summed E-state index contributed by atoms with van der Waals surface area (Å²) >= 11 is 0. The van der Waals surface area contributed by atoms with Crippen molar-refractivity contribution in [2.45, 2.75) is 6.54 Å². The van der Waals surface area contributed by atoms with E-state index in [0.717, 1.165) is 5.56 Å². The monoisotopic (exact) mass is 304 g/mol. The molecule has 0 spiro atoms. The molecular weight excluding hydrogens is 292 g/mol. The van der Waals surface area contributed by atoms with Crippen LogP contribution >= 0.6 is 0 Å². The Morgan fingerprint density at radius 3 is 2.61 bits per heavy atom. The summed E-state index contributed by atoms with van der Waals surface area (Å²) in [6, 6.07) is 16.7. The minimum atomic E-state index is -0.130. The van der Waals surface area contributed by atoms with Crippen molar-refractivity contribution in [3.8, 4) is 11.5 Å². The molecule has 0 aliphatic rings. The second-order valence-corrected chi connectivity index (χ2v) is 5.06. The van der Waals surface area contributed by atoms with Gasteiger partial charge in [0.2, 0.25) is 11.8 Å². The summed E-state index contributed by atoms with van der Waals surface area (Å²) in [5.41, 5.74) is 1.38. The summed E-state index contributed by atoms with van der Waals surface area (Å²) < 4.78 is 7.09. The van der Waals surface area contributed by atoms with Gasteiger partial charge in [0.25, 0.3) is 5.56 Å². The van der Waals surface area contributed by atoms with Gasteiger partial charge in [-0.1, -0.05) is 30.3 Å². The smallest absolute Gasteiger partial charge is 0.261 e. The highest BCUT2D eigenvalue weighted by molar-refractivity contribution is 5.76. The maximum absolute atomic E-state index is 12.4. The Balaban J connectivity index is 1.68. The van der Waals surface area contributed by atoms with Crippen molar-refractivity contribution in [2.75, 3.05) is 0 Å². The average Bonchev–Trinajstić information content (AvgIpc) is 3.07. The number of aromatic nitrogens is 4. The molecular formula is C17H12N4O2. The molecule has 4 rings (SSSR count). The zero-order valence-electron chi connectivity index (χ0n) is 12.1. The van der Waals surface area contributed by atoms with E-state index < -0.39 is 0 Å². The fraction of sp³-hybridized carbons (Fsp3) is 0.0588. The van der Waals surface area contributed by atoms with Gasteiger partial charge < -0.3 is 4.42 Å². The molecule has 4 aromatic rings. The maximum atomic E-state index is 12.4. The first-order valence-electron chi connectivity index (χ1n) is 7.13. The minimum absolute atomic E-state index is 0.130. The molecule has 0 fully saturated rings. The quantitative estimate of drug-likeness (QED) is 0.581. The van der Waals surface area contributed by atoms with Crippen LogP contribution in [0, 0.1) is 0 Å².